The predicted octanol–water partition coefficient (Wildman–Crippen LogP) is 4.65. The van der Waals surface area contributed by atoms with Crippen molar-refractivity contribution in [2.24, 2.45) is 0 Å². The summed E-state index contributed by atoms with van der Waals surface area (Å²) in [4.78, 5) is 31.5. The molecule has 0 saturated heterocycles. The van der Waals surface area contributed by atoms with E-state index in [-0.39, 0.29) is 36.0 Å². The van der Waals surface area contributed by atoms with Gasteiger partial charge in [0.2, 0.25) is 0 Å². The first-order valence-corrected chi connectivity index (χ1v) is 9.68. The van der Waals surface area contributed by atoms with Crippen LogP contribution in [0.4, 0.5) is 4.39 Å². The minimum absolute atomic E-state index is 0.205. The second-order valence-corrected chi connectivity index (χ2v) is 7.13. The van der Waals surface area contributed by atoms with E-state index in [1.54, 1.807) is 54.6 Å². The van der Waals surface area contributed by atoms with Crippen molar-refractivity contribution in [2.45, 2.75) is 13.2 Å². The third-order valence-electron chi connectivity index (χ3n) is 4.45. The van der Waals surface area contributed by atoms with Gasteiger partial charge < -0.3 is 14.5 Å². The van der Waals surface area contributed by atoms with Gasteiger partial charge in [-0.2, -0.15) is 0 Å². The highest BCUT2D eigenvalue weighted by molar-refractivity contribution is 6.31. The maximum Gasteiger partial charge on any atom is 0.338 e. The third kappa shape index (κ3) is 5.07. The fraction of sp³-hybridized carbons (Fsp3) is 0.0870. The number of ether oxygens (including phenoxy) is 2. The van der Waals surface area contributed by atoms with Crippen LogP contribution in [0, 0.1) is 5.82 Å². The summed E-state index contributed by atoms with van der Waals surface area (Å²) in [5.41, 5.74) is 1.14. The zero-order valence-corrected chi connectivity index (χ0v) is 16.9. The van der Waals surface area contributed by atoms with Crippen LogP contribution in [0.5, 0.6) is 5.75 Å². The maximum absolute atomic E-state index is 13.0. The molecule has 0 aliphatic heterocycles. The lowest BCUT2D eigenvalue weighted by atomic mass is 10.2. The molecule has 4 rings (SSSR count). The molecule has 0 aliphatic rings. The molecule has 0 amide bonds. The van der Waals surface area contributed by atoms with E-state index in [9.17, 15) is 14.0 Å². The second-order valence-electron chi connectivity index (χ2n) is 6.69. The minimum atomic E-state index is -0.596. The fourth-order valence-corrected chi connectivity index (χ4v) is 3.07. The van der Waals surface area contributed by atoms with Crippen molar-refractivity contribution in [1.82, 2.24) is 9.97 Å². The zero-order chi connectivity index (χ0) is 21.8. The molecular weight excluding hydrogens is 423 g/mol. The largest absolute Gasteiger partial charge is 0.489 e. The van der Waals surface area contributed by atoms with Crippen LogP contribution in [0.15, 0.2) is 71.5 Å². The van der Waals surface area contributed by atoms with Gasteiger partial charge in [-0.05, 0) is 54.1 Å². The first-order valence-electron chi connectivity index (χ1n) is 9.31. The van der Waals surface area contributed by atoms with Gasteiger partial charge >= 0.3 is 5.97 Å². The van der Waals surface area contributed by atoms with E-state index in [0.29, 0.717) is 21.7 Å². The number of carbonyl (C=O) groups excluding carboxylic acids is 1. The van der Waals surface area contributed by atoms with Crippen LogP contribution in [0.2, 0.25) is 5.02 Å². The number of nitrogens with zero attached hydrogens (tertiary/aromatic N) is 1. The first kappa shape index (κ1) is 20.6. The van der Waals surface area contributed by atoms with Crippen LogP contribution in [0.25, 0.3) is 10.9 Å². The Balaban J connectivity index is 1.42. The van der Waals surface area contributed by atoms with Gasteiger partial charge in [0.05, 0.1) is 16.5 Å². The summed E-state index contributed by atoms with van der Waals surface area (Å²) < 4.78 is 23.9. The van der Waals surface area contributed by atoms with E-state index in [1.165, 1.54) is 12.1 Å². The highest BCUT2D eigenvalue weighted by atomic mass is 35.5. The summed E-state index contributed by atoms with van der Waals surface area (Å²) >= 11 is 5.95. The molecule has 0 unspecified atom stereocenters. The normalized spacial score (nSPS) is 10.8. The summed E-state index contributed by atoms with van der Waals surface area (Å²) in [6, 6.07) is 17.2. The number of hydrogen-bond donors (Lipinski definition) is 1. The van der Waals surface area contributed by atoms with Crippen LogP contribution in [0.3, 0.4) is 0 Å². The van der Waals surface area contributed by atoms with E-state index in [2.05, 4.69) is 9.97 Å². The van der Waals surface area contributed by atoms with Crippen LogP contribution in [-0.2, 0) is 18.0 Å². The average molecular weight is 439 g/mol. The summed E-state index contributed by atoms with van der Waals surface area (Å²) in [5.74, 6) is -0.248. The van der Waals surface area contributed by atoms with Crippen molar-refractivity contribution in [2.75, 3.05) is 0 Å². The molecule has 4 aromatic rings. The molecule has 0 atom stereocenters. The van der Waals surface area contributed by atoms with Gasteiger partial charge in [-0.15, -0.1) is 0 Å². The Bertz CT molecular complexity index is 1310. The van der Waals surface area contributed by atoms with Gasteiger partial charge in [-0.3, -0.25) is 4.79 Å². The smallest absolute Gasteiger partial charge is 0.338 e. The molecule has 0 saturated carbocycles. The molecule has 8 heteroatoms. The van der Waals surface area contributed by atoms with Gasteiger partial charge in [0.15, 0.2) is 0 Å². The highest BCUT2D eigenvalue weighted by Crippen LogP contribution is 2.17. The monoisotopic (exact) mass is 438 g/mol. The number of H-pyrrole nitrogens is 1. The average Bonchev–Trinajstić information content (AvgIpc) is 2.77. The minimum Gasteiger partial charge on any atom is -0.489 e. The van der Waals surface area contributed by atoms with Crippen molar-refractivity contribution in [3.05, 3.63) is 105 Å². The Kier molecular flexibility index (Phi) is 5.95. The summed E-state index contributed by atoms with van der Waals surface area (Å²) in [5, 5.41) is 0.844. The lowest BCUT2D eigenvalue weighted by molar-refractivity contribution is 0.0462. The van der Waals surface area contributed by atoms with E-state index in [0.717, 1.165) is 5.56 Å². The zero-order valence-electron chi connectivity index (χ0n) is 16.1. The number of aromatic nitrogens is 2. The Hall–Kier alpha value is -3.71. The van der Waals surface area contributed by atoms with Gasteiger partial charge in [-0.1, -0.05) is 29.8 Å². The van der Waals surface area contributed by atoms with E-state index in [1.807, 2.05) is 0 Å². The van der Waals surface area contributed by atoms with Crippen molar-refractivity contribution >= 4 is 28.5 Å². The Labute approximate surface area is 181 Å². The molecular formula is C23H16ClFN2O4. The molecule has 1 heterocycles. The number of carbonyl (C=O) groups is 1. The third-order valence-corrected chi connectivity index (χ3v) is 4.68. The fourth-order valence-electron chi connectivity index (χ4n) is 2.91. The van der Waals surface area contributed by atoms with E-state index < -0.39 is 5.97 Å². The van der Waals surface area contributed by atoms with Gasteiger partial charge in [0.25, 0.3) is 5.56 Å². The number of fused-ring (bicyclic) bond motifs is 1. The number of hydrogen-bond acceptors (Lipinski definition) is 5. The lowest BCUT2D eigenvalue weighted by Gasteiger charge is -2.09. The Morgan fingerprint density at radius 1 is 1.03 bits per heavy atom. The van der Waals surface area contributed by atoms with Gasteiger partial charge in [-0.25, -0.2) is 14.2 Å². The quantitative estimate of drug-likeness (QED) is 0.443. The molecule has 3 aromatic carbocycles. The van der Waals surface area contributed by atoms with Crippen LogP contribution < -0.4 is 10.3 Å². The maximum atomic E-state index is 13.0. The van der Waals surface area contributed by atoms with Crippen LogP contribution in [0.1, 0.15) is 21.7 Å². The highest BCUT2D eigenvalue weighted by Gasteiger charge is 2.11. The molecule has 1 aromatic heterocycles. The molecule has 0 spiro atoms. The van der Waals surface area contributed by atoms with Gasteiger partial charge in [0.1, 0.15) is 30.6 Å². The molecule has 1 N–H and O–H groups in total. The molecule has 31 heavy (non-hydrogen) atoms. The number of nitrogens with one attached hydrogen (secondary N) is 1. The second kappa shape index (κ2) is 8.97. The number of halogens is 2. The first-order chi connectivity index (χ1) is 15.0. The SMILES string of the molecule is O=C(OCc1nc2cc(Cl)ccc2c(=O)[nH]1)c1cccc(OCc2ccc(F)cc2)c1. The predicted molar refractivity (Wildman–Crippen MR) is 114 cm³/mol. The van der Waals surface area contributed by atoms with E-state index in [4.69, 9.17) is 21.1 Å². The molecule has 0 bridgehead atoms. The summed E-state index contributed by atoms with van der Waals surface area (Å²) in [6.07, 6.45) is 0. The molecule has 0 radical (unpaired) electrons. The standard InChI is InChI=1S/C23H16ClFN2O4/c24-16-6-9-19-20(11-16)26-21(27-22(19)28)13-31-23(29)15-2-1-3-18(10-15)30-12-14-4-7-17(25)8-5-14/h1-11H,12-13H2,(H,26,27,28). The Morgan fingerprint density at radius 3 is 2.65 bits per heavy atom. The van der Waals surface area contributed by atoms with Crippen molar-refractivity contribution in [3.63, 3.8) is 0 Å². The molecule has 156 valence electrons. The Morgan fingerprint density at radius 2 is 1.84 bits per heavy atom. The summed E-state index contributed by atoms with van der Waals surface area (Å²) in [6.45, 7) is 0.0147. The number of rotatable bonds is 6. The molecule has 0 fully saturated rings. The number of aromatic amines is 1. The van der Waals surface area contributed by atoms with Crippen LogP contribution in [-0.4, -0.2) is 15.9 Å². The lowest BCUT2D eigenvalue weighted by Crippen LogP contribution is -2.14. The molecule has 6 nitrogen and oxygen atoms in total. The van der Waals surface area contributed by atoms with E-state index >= 15 is 0 Å². The number of benzene rings is 3. The van der Waals surface area contributed by atoms with Crippen molar-refractivity contribution in [1.29, 1.82) is 0 Å². The van der Waals surface area contributed by atoms with Crippen molar-refractivity contribution < 1.29 is 18.7 Å². The van der Waals surface area contributed by atoms with Crippen molar-refractivity contribution in [3.8, 4) is 5.75 Å². The van der Waals surface area contributed by atoms with Crippen LogP contribution >= 0.6 is 11.6 Å². The molecule has 0 aliphatic carbocycles. The van der Waals surface area contributed by atoms with Gasteiger partial charge in [0, 0.05) is 5.02 Å². The topological polar surface area (TPSA) is 81.3 Å². The number of esters is 1. The summed E-state index contributed by atoms with van der Waals surface area (Å²) in [7, 11) is 0.